The lowest BCUT2D eigenvalue weighted by Crippen LogP contribution is -2.28. The van der Waals surface area contributed by atoms with E-state index >= 15 is 0 Å². The SMILES string of the molecule is COc1ccc(CCC(N)C2CCCC2)cc1F. The van der Waals surface area contributed by atoms with E-state index in [0.717, 1.165) is 18.4 Å². The molecule has 18 heavy (non-hydrogen) atoms. The Balaban J connectivity index is 1.87. The summed E-state index contributed by atoms with van der Waals surface area (Å²) in [6, 6.07) is 5.42. The van der Waals surface area contributed by atoms with Crippen molar-refractivity contribution in [2.24, 2.45) is 11.7 Å². The molecular formula is C15H22FNO. The van der Waals surface area contributed by atoms with Gasteiger partial charge < -0.3 is 10.5 Å². The molecule has 1 aromatic rings. The van der Waals surface area contributed by atoms with Crippen LogP contribution in [0.4, 0.5) is 4.39 Å². The van der Waals surface area contributed by atoms with Crippen molar-refractivity contribution < 1.29 is 9.13 Å². The van der Waals surface area contributed by atoms with Gasteiger partial charge in [0, 0.05) is 6.04 Å². The van der Waals surface area contributed by atoms with Crippen LogP contribution in [-0.4, -0.2) is 13.2 Å². The Morgan fingerprint density at radius 2 is 2.11 bits per heavy atom. The lowest BCUT2D eigenvalue weighted by Gasteiger charge is -2.18. The van der Waals surface area contributed by atoms with Crippen LogP contribution in [0, 0.1) is 11.7 Å². The lowest BCUT2D eigenvalue weighted by molar-refractivity contribution is 0.385. The second-order valence-electron chi connectivity index (χ2n) is 5.22. The summed E-state index contributed by atoms with van der Waals surface area (Å²) in [5.74, 6) is 0.691. The van der Waals surface area contributed by atoms with Crippen molar-refractivity contribution in [3.63, 3.8) is 0 Å². The number of benzene rings is 1. The normalized spacial score (nSPS) is 17.9. The molecule has 2 rings (SSSR count). The van der Waals surface area contributed by atoms with Crippen molar-refractivity contribution in [3.05, 3.63) is 29.6 Å². The number of aryl methyl sites for hydroxylation is 1. The Bertz CT molecular complexity index is 388. The Labute approximate surface area is 108 Å². The molecule has 0 heterocycles. The van der Waals surface area contributed by atoms with E-state index in [0.29, 0.717) is 11.7 Å². The zero-order chi connectivity index (χ0) is 13.0. The molecule has 0 aromatic heterocycles. The van der Waals surface area contributed by atoms with E-state index in [1.807, 2.05) is 6.07 Å². The molecule has 1 aliphatic carbocycles. The van der Waals surface area contributed by atoms with Crippen LogP contribution in [0.5, 0.6) is 5.75 Å². The molecule has 0 amide bonds. The topological polar surface area (TPSA) is 35.2 Å². The molecule has 100 valence electrons. The fraction of sp³-hybridized carbons (Fsp3) is 0.600. The number of rotatable bonds is 5. The van der Waals surface area contributed by atoms with E-state index in [9.17, 15) is 4.39 Å². The van der Waals surface area contributed by atoms with Gasteiger partial charge in [-0.15, -0.1) is 0 Å². The molecule has 1 aliphatic rings. The Morgan fingerprint density at radius 1 is 1.39 bits per heavy atom. The predicted molar refractivity (Wildman–Crippen MR) is 71.2 cm³/mol. The Kier molecular flexibility index (Phi) is 4.59. The highest BCUT2D eigenvalue weighted by atomic mass is 19.1. The summed E-state index contributed by atoms with van der Waals surface area (Å²) in [4.78, 5) is 0. The third kappa shape index (κ3) is 3.22. The van der Waals surface area contributed by atoms with Crippen molar-refractivity contribution in [1.29, 1.82) is 0 Å². The van der Waals surface area contributed by atoms with Crippen LogP contribution in [0.1, 0.15) is 37.7 Å². The molecule has 1 saturated carbocycles. The van der Waals surface area contributed by atoms with Gasteiger partial charge in [-0.2, -0.15) is 0 Å². The van der Waals surface area contributed by atoms with Crippen LogP contribution >= 0.6 is 0 Å². The van der Waals surface area contributed by atoms with E-state index in [1.54, 1.807) is 12.1 Å². The fourth-order valence-corrected chi connectivity index (χ4v) is 2.82. The highest BCUT2D eigenvalue weighted by molar-refractivity contribution is 5.29. The quantitative estimate of drug-likeness (QED) is 0.871. The molecule has 0 bridgehead atoms. The van der Waals surface area contributed by atoms with Crippen LogP contribution < -0.4 is 10.5 Å². The third-order valence-corrected chi connectivity index (χ3v) is 3.99. The van der Waals surface area contributed by atoms with E-state index in [1.165, 1.54) is 32.8 Å². The molecule has 0 spiro atoms. The van der Waals surface area contributed by atoms with Crippen molar-refractivity contribution >= 4 is 0 Å². The van der Waals surface area contributed by atoms with Gasteiger partial charge in [0.05, 0.1) is 7.11 Å². The molecule has 3 heteroatoms. The van der Waals surface area contributed by atoms with Crippen molar-refractivity contribution in [2.45, 2.75) is 44.6 Å². The zero-order valence-corrected chi connectivity index (χ0v) is 11.0. The summed E-state index contributed by atoms with van der Waals surface area (Å²) in [5, 5.41) is 0. The minimum Gasteiger partial charge on any atom is -0.494 e. The molecule has 0 aliphatic heterocycles. The molecule has 1 fully saturated rings. The van der Waals surface area contributed by atoms with E-state index in [2.05, 4.69) is 0 Å². The predicted octanol–water partition coefficient (Wildman–Crippen LogP) is 3.28. The number of halogens is 1. The van der Waals surface area contributed by atoms with Crippen molar-refractivity contribution in [3.8, 4) is 5.75 Å². The van der Waals surface area contributed by atoms with Crippen LogP contribution in [0.2, 0.25) is 0 Å². The number of nitrogens with two attached hydrogens (primary N) is 1. The maximum Gasteiger partial charge on any atom is 0.165 e. The van der Waals surface area contributed by atoms with Gasteiger partial charge in [-0.05, 0) is 49.3 Å². The Hall–Kier alpha value is -1.09. The van der Waals surface area contributed by atoms with Gasteiger partial charge in [0.25, 0.3) is 0 Å². The van der Waals surface area contributed by atoms with Crippen molar-refractivity contribution in [1.82, 2.24) is 0 Å². The highest BCUT2D eigenvalue weighted by Gasteiger charge is 2.21. The van der Waals surface area contributed by atoms with Crippen LogP contribution in [0.15, 0.2) is 18.2 Å². The van der Waals surface area contributed by atoms with E-state index < -0.39 is 0 Å². The number of methoxy groups -OCH3 is 1. The molecular weight excluding hydrogens is 229 g/mol. The minimum absolute atomic E-state index is 0.262. The molecule has 1 atom stereocenters. The highest BCUT2D eigenvalue weighted by Crippen LogP contribution is 2.28. The summed E-state index contributed by atoms with van der Waals surface area (Å²) >= 11 is 0. The summed E-state index contributed by atoms with van der Waals surface area (Å²) < 4.78 is 18.4. The molecule has 1 unspecified atom stereocenters. The molecule has 0 saturated heterocycles. The van der Waals surface area contributed by atoms with Gasteiger partial charge in [0.1, 0.15) is 0 Å². The first kappa shape index (κ1) is 13.3. The molecule has 0 radical (unpaired) electrons. The van der Waals surface area contributed by atoms with Gasteiger partial charge in [-0.3, -0.25) is 0 Å². The van der Waals surface area contributed by atoms with Gasteiger partial charge in [0.2, 0.25) is 0 Å². The monoisotopic (exact) mass is 251 g/mol. The fourth-order valence-electron chi connectivity index (χ4n) is 2.82. The average molecular weight is 251 g/mol. The molecule has 2 N–H and O–H groups in total. The standard InChI is InChI=1S/C15H22FNO/c1-18-15-9-7-11(10-13(15)16)6-8-14(17)12-4-2-3-5-12/h7,9-10,12,14H,2-6,8,17H2,1H3. The third-order valence-electron chi connectivity index (χ3n) is 3.99. The van der Waals surface area contributed by atoms with Crippen LogP contribution in [0.3, 0.4) is 0 Å². The van der Waals surface area contributed by atoms with Crippen LogP contribution in [-0.2, 0) is 6.42 Å². The molecule has 2 nitrogen and oxygen atoms in total. The van der Waals surface area contributed by atoms with Crippen LogP contribution in [0.25, 0.3) is 0 Å². The summed E-state index contributed by atoms with van der Waals surface area (Å²) in [7, 11) is 1.48. The second kappa shape index (κ2) is 6.19. The van der Waals surface area contributed by atoms with Gasteiger partial charge in [-0.25, -0.2) is 4.39 Å². The average Bonchev–Trinajstić information content (AvgIpc) is 2.90. The maximum absolute atomic E-state index is 13.5. The van der Waals surface area contributed by atoms with Gasteiger partial charge in [-0.1, -0.05) is 18.9 Å². The van der Waals surface area contributed by atoms with Crippen molar-refractivity contribution in [2.75, 3.05) is 7.11 Å². The lowest BCUT2D eigenvalue weighted by atomic mass is 9.93. The zero-order valence-electron chi connectivity index (χ0n) is 11.0. The summed E-state index contributed by atoms with van der Waals surface area (Å²) in [5.41, 5.74) is 7.20. The van der Waals surface area contributed by atoms with E-state index in [-0.39, 0.29) is 11.9 Å². The van der Waals surface area contributed by atoms with E-state index in [4.69, 9.17) is 10.5 Å². The smallest absolute Gasteiger partial charge is 0.165 e. The first-order valence-electron chi connectivity index (χ1n) is 6.78. The molecule has 1 aromatic carbocycles. The second-order valence-corrected chi connectivity index (χ2v) is 5.22. The largest absolute Gasteiger partial charge is 0.494 e. The first-order valence-corrected chi connectivity index (χ1v) is 6.78. The first-order chi connectivity index (χ1) is 8.70. The Morgan fingerprint density at radius 3 is 2.72 bits per heavy atom. The number of hydrogen-bond donors (Lipinski definition) is 1. The number of hydrogen-bond acceptors (Lipinski definition) is 2. The minimum atomic E-state index is -0.288. The van der Waals surface area contributed by atoms with Gasteiger partial charge >= 0.3 is 0 Å². The summed E-state index contributed by atoms with van der Waals surface area (Å²) in [6.45, 7) is 0. The maximum atomic E-state index is 13.5. The number of ether oxygens (including phenoxy) is 1. The summed E-state index contributed by atoms with van der Waals surface area (Å²) in [6.07, 6.45) is 6.94. The van der Waals surface area contributed by atoms with Gasteiger partial charge in [0.15, 0.2) is 11.6 Å².